The average molecular weight is 356 g/mol. The van der Waals surface area contributed by atoms with Crippen molar-refractivity contribution in [2.24, 2.45) is 4.99 Å². The van der Waals surface area contributed by atoms with Crippen LogP contribution < -0.4 is 4.72 Å². The van der Waals surface area contributed by atoms with E-state index in [4.69, 9.17) is 4.74 Å². The third kappa shape index (κ3) is 5.10. The van der Waals surface area contributed by atoms with E-state index in [0.717, 1.165) is 29.1 Å². The van der Waals surface area contributed by atoms with Gasteiger partial charge in [-0.3, -0.25) is 4.99 Å². The topological polar surface area (TPSA) is 50.7 Å². The van der Waals surface area contributed by atoms with Crippen molar-refractivity contribution in [3.05, 3.63) is 53.6 Å². The normalized spacial score (nSPS) is 11.8. The van der Waals surface area contributed by atoms with E-state index in [2.05, 4.69) is 27.9 Å². The highest BCUT2D eigenvalue weighted by molar-refractivity contribution is 8.00. The number of rotatable bonds is 5. The lowest BCUT2D eigenvalue weighted by atomic mass is 10.1. The smallest absolute Gasteiger partial charge is 0.338 e. The van der Waals surface area contributed by atoms with E-state index in [0.29, 0.717) is 12.2 Å². The number of fused-ring (bicyclic) bond motifs is 1. The molecular weight excluding hydrogens is 332 g/mol. The maximum Gasteiger partial charge on any atom is 0.338 e. The van der Waals surface area contributed by atoms with Gasteiger partial charge in [-0.2, -0.15) is 0 Å². The van der Waals surface area contributed by atoms with Gasteiger partial charge in [-0.05, 0) is 67.6 Å². The summed E-state index contributed by atoms with van der Waals surface area (Å²) in [4.78, 5) is 17.3. The Bertz CT molecular complexity index is 727. The van der Waals surface area contributed by atoms with E-state index in [1.54, 1.807) is 19.1 Å². The molecule has 0 saturated heterocycles. The molecule has 0 aromatic heterocycles. The number of ether oxygens (including phenoxy) is 1. The largest absolute Gasteiger partial charge is 0.462 e. The molecule has 4 nitrogen and oxygen atoms in total. The van der Waals surface area contributed by atoms with E-state index in [1.165, 1.54) is 17.5 Å². The summed E-state index contributed by atoms with van der Waals surface area (Å²) in [5.74, 6) is -0.293. The summed E-state index contributed by atoms with van der Waals surface area (Å²) < 4.78 is 8.28. The number of carbonyl (C=O) groups excluding carboxylic acids is 1. The molecule has 0 saturated carbocycles. The standard InChI is InChI=1S/C18H18N2O2S.C2H6/c1-2-22-18(21)14-8-10-15(11-9-14)20-23-16-7-3-5-13-6-4-12-19-17(13)16;1-2/h3,5,7-12,20H,2,4,6H2,1H3;1-2H3. The van der Waals surface area contributed by atoms with Gasteiger partial charge in [-0.15, -0.1) is 0 Å². The fraction of sp³-hybridized carbons (Fsp3) is 0.300. The Kier molecular flexibility index (Phi) is 7.54. The Hall–Kier alpha value is -2.27. The summed E-state index contributed by atoms with van der Waals surface area (Å²) in [5.41, 5.74) is 3.83. The molecular formula is C20H24N2O2S. The predicted molar refractivity (Wildman–Crippen MR) is 106 cm³/mol. The molecule has 0 unspecified atom stereocenters. The number of para-hydroxylation sites is 1. The molecule has 3 rings (SSSR count). The van der Waals surface area contributed by atoms with Gasteiger partial charge in [0.05, 0.1) is 22.8 Å². The van der Waals surface area contributed by atoms with Gasteiger partial charge >= 0.3 is 5.97 Å². The summed E-state index contributed by atoms with van der Waals surface area (Å²) in [6, 6.07) is 13.5. The maximum absolute atomic E-state index is 11.6. The van der Waals surface area contributed by atoms with Gasteiger partial charge in [-0.25, -0.2) is 4.79 Å². The Morgan fingerprint density at radius 3 is 2.68 bits per heavy atom. The van der Waals surface area contributed by atoms with Crippen molar-refractivity contribution in [3.8, 4) is 0 Å². The van der Waals surface area contributed by atoms with E-state index in [-0.39, 0.29) is 5.97 Å². The lowest BCUT2D eigenvalue weighted by molar-refractivity contribution is 0.0526. The second-order valence-electron chi connectivity index (χ2n) is 5.12. The van der Waals surface area contributed by atoms with E-state index >= 15 is 0 Å². The van der Waals surface area contributed by atoms with Crippen molar-refractivity contribution in [2.45, 2.75) is 38.5 Å². The predicted octanol–water partition coefficient (Wildman–Crippen LogP) is 5.66. The van der Waals surface area contributed by atoms with Crippen molar-refractivity contribution in [2.75, 3.05) is 11.3 Å². The third-order valence-electron chi connectivity index (χ3n) is 3.52. The second-order valence-corrected chi connectivity index (χ2v) is 5.96. The zero-order chi connectivity index (χ0) is 18.1. The summed E-state index contributed by atoms with van der Waals surface area (Å²) >= 11 is 1.53. The first-order valence-electron chi connectivity index (χ1n) is 8.62. The van der Waals surface area contributed by atoms with Crippen LogP contribution in [-0.4, -0.2) is 18.8 Å². The number of aliphatic imine (C=N–C) groups is 1. The van der Waals surface area contributed by atoms with E-state index in [9.17, 15) is 4.79 Å². The van der Waals surface area contributed by atoms with Crippen LogP contribution in [0.2, 0.25) is 0 Å². The van der Waals surface area contributed by atoms with Gasteiger partial charge in [0.15, 0.2) is 0 Å². The molecule has 0 spiro atoms. The van der Waals surface area contributed by atoms with E-state index < -0.39 is 0 Å². The molecule has 0 bridgehead atoms. The first-order valence-corrected chi connectivity index (χ1v) is 9.44. The minimum Gasteiger partial charge on any atom is -0.462 e. The number of esters is 1. The number of hydrogen-bond acceptors (Lipinski definition) is 5. The first-order chi connectivity index (χ1) is 12.3. The number of nitrogens with zero attached hydrogens (tertiary/aromatic N) is 1. The van der Waals surface area contributed by atoms with Crippen molar-refractivity contribution >= 4 is 35.5 Å². The monoisotopic (exact) mass is 356 g/mol. The first kappa shape index (κ1) is 19.1. The molecule has 132 valence electrons. The van der Waals surface area contributed by atoms with Gasteiger partial charge in [0.25, 0.3) is 0 Å². The average Bonchev–Trinajstić information content (AvgIpc) is 2.68. The van der Waals surface area contributed by atoms with Crippen LogP contribution in [0.25, 0.3) is 0 Å². The zero-order valence-corrected chi connectivity index (χ0v) is 15.7. The van der Waals surface area contributed by atoms with Crippen LogP contribution in [0, 0.1) is 0 Å². The molecule has 2 aromatic rings. The summed E-state index contributed by atoms with van der Waals surface area (Å²) in [6.45, 7) is 6.18. The molecule has 1 N–H and O–H groups in total. The third-order valence-corrected chi connectivity index (χ3v) is 4.41. The summed E-state index contributed by atoms with van der Waals surface area (Å²) in [5, 5.41) is 0. The highest BCUT2D eigenvalue weighted by atomic mass is 32.2. The SMILES string of the molecule is CC.CCOC(=O)c1ccc(NSc2cccc3c2N=CCC3)cc1. The summed E-state index contributed by atoms with van der Waals surface area (Å²) in [6.07, 6.45) is 4.02. The molecule has 1 aliphatic rings. The van der Waals surface area contributed by atoms with Crippen LogP contribution in [0.3, 0.4) is 0 Å². The second kappa shape index (κ2) is 9.89. The lowest BCUT2D eigenvalue weighted by Gasteiger charge is -2.14. The Morgan fingerprint density at radius 2 is 1.96 bits per heavy atom. The fourth-order valence-electron chi connectivity index (χ4n) is 2.38. The van der Waals surface area contributed by atoms with Crippen molar-refractivity contribution in [3.63, 3.8) is 0 Å². The molecule has 1 aliphatic heterocycles. The van der Waals surface area contributed by atoms with Crippen LogP contribution >= 0.6 is 11.9 Å². The molecule has 25 heavy (non-hydrogen) atoms. The Labute approximate surface area is 153 Å². The van der Waals surface area contributed by atoms with Crippen LogP contribution in [0.4, 0.5) is 11.4 Å². The summed E-state index contributed by atoms with van der Waals surface area (Å²) in [7, 11) is 0. The molecule has 0 aliphatic carbocycles. The molecule has 0 amide bonds. The highest BCUT2D eigenvalue weighted by Gasteiger charge is 2.11. The van der Waals surface area contributed by atoms with Crippen LogP contribution in [0.1, 0.15) is 43.1 Å². The lowest BCUT2D eigenvalue weighted by Crippen LogP contribution is -2.04. The molecule has 5 heteroatoms. The molecule has 0 fully saturated rings. The molecule has 2 aromatic carbocycles. The highest BCUT2D eigenvalue weighted by Crippen LogP contribution is 2.35. The minimum atomic E-state index is -0.293. The number of carbonyl (C=O) groups is 1. The van der Waals surface area contributed by atoms with E-state index in [1.807, 2.05) is 32.2 Å². The van der Waals surface area contributed by atoms with Crippen molar-refractivity contribution in [1.29, 1.82) is 0 Å². The van der Waals surface area contributed by atoms with Crippen LogP contribution in [-0.2, 0) is 11.2 Å². The van der Waals surface area contributed by atoms with Gasteiger partial charge in [0, 0.05) is 11.9 Å². The fourth-order valence-corrected chi connectivity index (χ4v) is 3.17. The van der Waals surface area contributed by atoms with Gasteiger partial charge < -0.3 is 9.46 Å². The quantitative estimate of drug-likeness (QED) is 0.555. The molecule has 1 heterocycles. The number of hydrogen-bond donors (Lipinski definition) is 1. The van der Waals surface area contributed by atoms with Crippen molar-refractivity contribution in [1.82, 2.24) is 0 Å². The number of aryl methyl sites for hydroxylation is 1. The van der Waals surface area contributed by atoms with Gasteiger partial charge in [0.2, 0.25) is 0 Å². The number of nitrogens with one attached hydrogen (secondary N) is 1. The number of anilines is 1. The number of benzene rings is 2. The zero-order valence-electron chi connectivity index (χ0n) is 14.9. The molecule has 0 radical (unpaired) electrons. The Balaban J connectivity index is 0.00000109. The van der Waals surface area contributed by atoms with Crippen LogP contribution in [0.15, 0.2) is 52.4 Å². The van der Waals surface area contributed by atoms with Crippen LogP contribution in [0.5, 0.6) is 0 Å². The van der Waals surface area contributed by atoms with Crippen molar-refractivity contribution < 1.29 is 9.53 Å². The van der Waals surface area contributed by atoms with Gasteiger partial charge in [0.1, 0.15) is 0 Å². The minimum absolute atomic E-state index is 0.293. The maximum atomic E-state index is 11.6. The Morgan fingerprint density at radius 1 is 1.20 bits per heavy atom. The molecule has 0 atom stereocenters. The van der Waals surface area contributed by atoms with Gasteiger partial charge in [-0.1, -0.05) is 26.0 Å².